The quantitative estimate of drug-likeness (QED) is 0.929. The molecule has 0 aromatic heterocycles. The first-order chi connectivity index (χ1) is 10.6. The lowest BCUT2D eigenvalue weighted by Crippen LogP contribution is -2.19. The van der Waals surface area contributed by atoms with Crippen LogP contribution >= 0.6 is 0 Å². The monoisotopic (exact) mass is 298 g/mol. The Labute approximate surface area is 129 Å². The van der Waals surface area contributed by atoms with Gasteiger partial charge >= 0.3 is 0 Å². The summed E-state index contributed by atoms with van der Waals surface area (Å²) in [7, 11) is 0. The van der Waals surface area contributed by atoms with Crippen molar-refractivity contribution in [2.45, 2.75) is 19.8 Å². The fraction of sp³-hybridized carbons (Fsp3) is 0.278. The van der Waals surface area contributed by atoms with Crippen LogP contribution in [0.15, 0.2) is 42.5 Å². The molecule has 1 amide bonds. The predicted octanol–water partition coefficient (Wildman–Crippen LogP) is 3.99. The second-order valence-corrected chi connectivity index (χ2v) is 5.66. The van der Waals surface area contributed by atoms with Gasteiger partial charge in [0.25, 0.3) is 5.91 Å². The van der Waals surface area contributed by atoms with Crippen molar-refractivity contribution in [2.75, 3.05) is 23.3 Å². The molecule has 0 radical (unpaired) electrons. The first-order valence-electron chi connectivity index (χ1n) is 7.56. The Bertz CT molecular complexity index is 693. The van der Waals surface area contributed by atoms with Crippen molar-refractivity contribution in [3.63, 3.8) is 0 Å². The van der Waals surface area contributed by atoms with E-state index in [2.05, 4.69) is 10.2 Å². The molecule has 2 aromatic rings. The number of aryl methyl sites for hydroxylation is 1. The molecule has 22 heavy (non-hydrogen) atoms. The van der Waals surface area contributed by atoms with Crippen LogP contribution in [0.2, 0.25) is 0 Å². The number of amides is 1. The third-order valence-electron chi connectivity index (χ3n) is 3.99. The van der Waals surface area contributed by atoms with E-state index in [0.29, 0.717) is 5.56 Å². The zero-order chi connectivity index (χ0) is 15.5. The summed E-state index contributed by atoms with van der Waals surface area (Å²) in [4.78, 5) is 14.5. The number of benzene rings is 2. The van der Waals surface area contributed by atoms with Crippen LogP contribution in [0.5, 0.6) is 0 Å². The molecule has 0 atom stereocenters. The van der Waals surface area contributed by atoms with Gasteiger partial charge in [-0.05, 0) is 61.7 Å². The van der Waals surface area contributed by atoms with Gasteiger partial charge in [0.1, 0.15) is 5.82 Å². The predicted molar refractivity (Wildman–Crippen MR) is 87.0 cm³/mol. The highest BCUT2D eigenvalue weighted by Crippen LogP contribution is 2.26. The molecule has 3 nitrogen and oxygen atoms in total. The topological polar surface area (TPSA) is 32.3 Å². The van der Waals surface area contributed by atoms with Crippen LogP contribution in [0, 0.1) is 12.7 Å². The van der Waals surface area contributed by atoms with Crippen LogP contribution in [0.1, 0.15) is 28.8 Å². The number of anilines is 2. The van der Waals surface area contributed by atoms with Gasteiger partial charge in [-0.3, -0.25) is 4.79 Å². The number of nitrogens with one attached hydrogen (secondary N) is 1. The number of hydrogen-bond donors (Lipinski definition) is 1. The van der Waals surface area contributed by atoms with Crippen molar-refractivity contribution in [3.05, 3.63) is 59.4 Å². The van der Waals surface area contributed by atoms with Crippen molar-refractivity contribution >= 4 is 17.3 Å². The fourth-order valence-corrected chi connectivity index (χ4v) is 2.88. The van der Waals surface area contributed by atoms with Crippen molar-refractivity contribution in [1.82, 2.24) is 0 Å². The molecule has 0 bridgehead atoms. The van der Waals surface area contributed by atoms with Crippen LogP contribution in [0.4, 0.5) is 15.8 Å². The average molecular weight is 298 g/mol. The molecule has 0 aliphatic carbocycles. The third-order valence-corrected chi connectivity index (χ3v) is 3.99. The van der Waals surface area contributed by atoms with E-state index >= 15 is 0 Å². The maximum absolute atomic E-state index is 13.2. The fourth-order valence-electron chi connectivity index (χ4n) is 2.88. The van der Waals surface area contributed by atoms with E-state index in [4.69, 9.17) is 0 Å². The molecule has 0 saturated carbocycles. The van der Waals surface area contributed by atoms with Gasteiger partial charge in [0, 0.05) is 30.0 Å². The van der Waals surface area contributed by atoms with Gasteiger partial charge in [0.15, 0.2) is 0 Å². The first-order valence-corrected chi connectivity index (χ1v) is 7.56. The Morgan fingerprint density at radius 2 is 1.91 bits per heavy atom. The smallest absolute Gasteiger partial charge is 0.255 e. The summed E-state index contributed by atoms with van der Waals surface area (Å²) < 4.78 is 13.2. The average Bonchev–Trinajstić information content (AvgIpc) is 3.01. The molecule has 0 unspecified atom stereocenters. The van der Waals surface area contributed by atoms with Gasteiger partial charge in [-0.25, -0.2) is 4.39 Å². The molecule has 2 aromatic carbocycles. The SMILES string of the molecule is Cc1cc(NC(=O)c2cccc(F)c2)ccc1N1CCCC1. The molecule has 3 rings (SSSR count). The molecule has 1 aliphatic heterocycles. The standard InChI is InChI=1S/C18H19FN2O/c1-13-11-16(7-8-17(13)21-9-2-3-10-21)20-18(22)14-5-4-6-15(19)12-14/h4-8,11-12H,2-3,9-10H2,1H3,(H,20,22). The largest absolute Gasteiger partial charge is 0.371 e. The van der Waals surface area contributed by atoms with Crippen LogP contribution < -0.4 is 10.2 Å². The minimum Gasteiger partial charge on any atom is -0.371 e. The van der Waals surface area contributed by atoms with E-state index in [-0.39, 0.29) is 5.91 Å². The molecule has 1 N–H and O–H groups in total. The van der Waals surface area contributed by atoms with Gasteiger partial charge in [-0.1, -0.05) is 6.07 Å². The molecular formula is C18H19FN2O. The summed E-state index contributed by atoms with van der Waals surface area (Å²) in [5.74, 6) is -0.707. The van der Waals surface area contributed by atoms with Crippen molar-refractivity contribution < 1.29 is 9.18 Å². The second-order valence-electron chi connectivity index (χ2n) is 5.66. The molecular weight excluding hydrogens is 279 g/mol. The molecule has 1 aliphatic rings. The number of halogens is 1. The first kappa shape index (κ1) is 14.6. The van der Waals surface area contributed by atoms with E-state index in [0.717, 1.165) is 24.3 Å². The summed E-state index contributed by atoms with van der Waals surface area (Å²) in [5, 5.41) is 2.82. The Hall–Kier alpha value is -2.36. The minimum absolute atomic E-state index is 0.298. The maximum Gasteiger partial charge on any atom is 0.255 e. The Kier molecular flexibility index (Phi) is 4.09. The molecule has 4 heteroatoms. The lowest BCUT2D eigenvalue weighted by Gasteiger charge is -2.20. The van der Waals surface area contributed by atoms with Crippen molar-refractivity contribution in [1.29, 1.82) is 0 Å². The highest BCUT2D eigenvalue weighted by molar-refractivity contribution is 6.04. The lowest BCUT2D eigenvalue weighted by atomic mass is 10.1. The number of carbonyl (C=O) groups excluding carboxylic acids is 1. The number of nitrogens with zero attached hydrogens (tertiary/aromatic N) is 1. The summed E-state index contributed by atoms with van der Waals surface area (Å²) in [6.07, 6.45) is 2.47. The third kappa shape index (κ3) is 3.11. The summed E-state index contributed by atoms with van der Waals surface area (Å²) in [6, 6.07) is 11.6. The zero-order valence-electron chi connectivity index (χ0n) is 12.6. The molecule has 1 saturated heterocycles. The van der Waals surface area contributed by atoms with Gasteiger partial charge in [-0.15, -0.1) is 0 Å². The van der Waals surface area contributed by atoms with Crippen LogP contribution in [0.3, 0.4) is 0 Å². The molecule has 0 spiro atoms. The molecule has 114 valence electrons. The van der Waals surface area contributed by atoms with E-state index in [1.165, 1.54) is 36.7 Å². The maximum atomic E-state index is 13.2. The minimum atomic E-state index is -0.409. The van der Waals surface area contributed by atoms with E-state index in [9.17, 15) is 9.18 Å². The second kappa shape index (κ2) is 6.18. The molecule has 1 fully saturated rings. The van der Waals surface area contributed by atoms with Crippen LogP contribution in [0.25, 0.3) is 0 Å². The number of rotatable bonds is 3. The lowest BCUT2D eigenvalue weighted by molar-refractivity contribution is 0.102. The van der Waals surface area contributed by atoms with Gasteiger partial charge in [-0.2, -0.15) is 0 Å². The van der Waals surface area contributed by atoms with Gasteiger partial charge < -0.3 is 10.2 Å². The Morgan fingerprint density at radius 1 is 1.14 bits per heavy atom. The Morgan fingerprint density at radius 3 is 2.59 bits per heavy atom. The van der Waals surface area contributed by atoms with Gasteiger partial charge in [0.05, 0.1) is 0 Å². The normalized spacial score (nSPS) is 14.2. The van der Waals surface area contributed by atoms with Crippen molar-refractivity contribution in [3.8, 4) is 0 Å². The number of carbonyl (C=O) groups is 1. The van der Waals surface area contributed by atoms with E-state index in [1.54, 1.807) is 6.07 Å². The summed E-state index contributed by atoms with van der Waals surface area (Å²) in [5.41, 5.74) is 3.41. The van der Waals surface area contributed by atoms with Crippen molar-refractivity contribution in [2.24, 2.45) is 0 Å². The Balaban J connectivity index is 1.75. The summed E-state index contributed by atoms with van der Waals surface area (Å²) in [6.45, 7) is 4.23. The van der Waals surface area contributed by atoms with E-state index in [1.807, 2.05) is 25.1 Å². The summed E-state index contributed by atoms with van der Waals surface area (Å²) >= 11 is 0. The zero-order valence-corrected chi connectivity index (χ0v) is 12.6. The van der Waals surface area contributed by atoms with Crippen LogP contribution in [-0.4, -0.2) is 19.0 Å². The molecule has 1 heterocycles. The van der Waals surface area contributed by atoms with Crippen LogP contribution in [-0.2, 0) is 0 Å². The number of hydrogen-bond acceptors (Lipinski definition) is 2. The van der Waals surface area contributed by atoms with E-state index < -0.39 is 5.82 Å². The highest BCUT2D eigenvalue weighted by Gasteiger charge is 2.15. The van der Waals surface area contributed by atoms with Gasteiger partial charge in [0.2, 0.25) is 0 Å². The highest BCUT2D eigenvalue weighted by atomic mass is 19.1.